The normalized spacial score (nSPS) is 49.8. The Morgan fingerprint density at radius 3 is 0.724 bits per heavy atom. The zero-order valence-corrected chi connectivity index (χ0v) is 71.6. The van der Waals surface area contributed by atoms with Gasteiger partial charge in [0.05, 0.1) is 72.7 Å². The van der Waals surface area contributed by atoms with Crippen LogP contribution < -0.4 is 21.3 Å². The number of hydrogen-bond donors (Lipinski definition) is 35. The molecule has 11 heterocycles. The molecule has 0 radical (unpaired) electrons. The Morgan fingerprint density at radius 2 is 0.403 bits per heavy atom. The van der Waals surface area contributed by atoms with Gasteiger partial charge in [0.2, 0.25) is 23.6 Å². The van der Waals surface area contributed by atoms with Crippen molar-refractivity contribution in [2.45, 2.75) is 365 Å². The average Bonchev–Trinajstić information content (AvgIpc) is 0.754. The summed E-state index contributed by atoms with van der Waals surface area (Å²) in [5.74, 6) is -3.82. The van der Waals surface area contributed by atoms with E-state index in [2.05, 4.69) is 21.3 Å². The summed E-state index contributed by atoms with van der Waals surface area (Å²) in [6.07, 6.45) is -108. The first-order valence-electron chi connectivity index (χ1n) is 42.7. The number of nitrogens with one attached hydrogen (secondary N) is 4. The number of aliphatic hydroxyl groups excluding tert-OH is 31. The highest BCUT2D eigenvalue weighted by atomic mass is 16.8. The van der Waals surface area contributed by atoms with E-state index in [4.69, 9.17) is 99.5 Å². The van der Waals surface area contributed by atoms with E-state index >= 15 is 0 Å². The zero-order chi connectivity index (χ0) is 98.5. The van der Waals surface area contributed by atoms with Gasteiger partial charge in [-0.25, -0.2) is 0 Å². The summed E-state index contributed by atoms with van der Waals surface area (Å²) in [5, 5.41) is 355. The van der Waals surface area contributed by atoms with Crippen molar-refractivity contribution < 1.29 is 277 Å². The molecule has 0 aliphatic carbocycles. The topological polar surface area (TPSA) is 937 Å². The van der Waals surface area contributed by atoms with Crippen molar-refractivity contribution in [2.24, 2.45) is 0 Å². The van der Waals surface area contributed by atoms with Crippen LogP contribution in [0.5, 0.6) is 0 Å². The van der Waals surface area contributed by atoms with Gasteiger partial charge in [0.25, 0.3) is 0 Å². The van der Waals surface area contributed by atoms with Crippen LogP contribution in [0.25, 0.3) is 0 Å². The largest absolute Gasteiger partial charge is 0.394 e. The third-order valence-corrected chi connectivity index (χ3v) is 24.6. The summed E-state index contributed by atoms with van der Waals surface area (Å²) in [7, 11) is 0. The van der Waals surface area contributed by atoms with E-state index in [1.54, 1.807) is 0 Å². The fraction of sp³-hybridized carbons (Fsp3) is 0.946. The minimum Gasteiger partial charge on any atom is -0.394 e. The first-order chi connectivity index (χ1) is 63.5. The first-order valence-corrected chi connectivity index (χ1v) is 42.7. The van der Waals surface area contributed by atoms with E-state index in [0.717, 1.165) is 27.7 Å². The molecule has 4 amide bonds. The van der Waals surface area contributed by atoms with Gasteiger partial charge in [0.1, 0.15) is 268 Å². The van der Waals surface area contributed by atoms with E-state index in [1.165, 1.54) is 0 Å². The number of hydrogen-bond acceptors (Lipinski definition) is 56. The highest BCUT2D eigenvalue weighted by Crippen LogP contribution is 2.42. The Labute approximate surface area is 757 Å². The van der Waals surface area contributed by atoms with Crippen LogP contribution in [0.15, 0.2) is 0 Å². The van der Waals surface area contributed by atoms with Crippen molar-refractivity contribution in [3.63, 3.8) is 0 Å². The number of amides is 4. The van der Waals surface area contributed by atoms with E-state index in [0.29, 0.717) is 0 Å². The van der Waals surface area contributed by atoms with E-state index in [9.17, 15) is 177 Å². The molecule has 0 spiro atoms. The van der Waals surface area contributed by atoms with E-state index in [1.807, 2.05) is 0 Å². The van der Waals surface area contributed by atoms with E-state index < -0.39 is 434 Å². The van der Waals surface area contributed by atoms with Crippen LogP contribution in [0.1, 0.15) is 27.7 Å². The Balaban J connectivity index is 0.885. The molecular weight excluding hydrogens is 1840 g/mol. The molecule has 11 aliphatic heterocycles. The second-order valence-electron chi connectivity index (χ2n) is 33.8. The Bertz CT molecular complexity index is 3650. The molecule has 55 atom stereocenters. The Morgan fingerprint density at radius 1 is 0.194 bits per heavy atom. The number of ether oxygens (including phenoxy) is 21. The van der Waals surface area contributed by atoms with Gasteiger partial charge in [-0.05, 0) is 0 Å². The maximum absolute atomic E-state index is 13.2. The SMILES string of the molecule is CC(=O)NC1C(O)OC(CO)C(OC2OC(CO)C(OC3OC(COC4OC(CO)C(O)C(O)C4OC4OC(CO)C(OC5OC(CO)C(OC6OC(CO)C(O)C(O)C6O)C(O)C5O)C(O)C4NC(C)=O)C(O)C(OC4OC(CO)C(O)C(O)C4OC4OC(CO)C(OC5OC(CO)C(OC6OC(CO)C(O)C(O)C6O)C(O)C5O)C(O)C4NC(C)=O)C3O)C(O)C2NC(C)=O)C1O. The molecule has 0 aromatic rings. The monoisotopic (exact) mass is 1960 g/mol. The number of aliphatic hydroxyl groups is 31. The van der Waals surface area contributed by atoms with Gasteiger partial charge in [0.15, 0.2) is 69.2 Å². The van der Waals surface area contributed by atoms with Gasteiger partial charge in [-0.3, -0.25) is 19.2 Å². The molecule has 0 aromatic heterocycles. The quantitative estimate of drug-likeness (QED) is 0.0280. The zero-order valence-electron chi connectivity index (χ0n) is 71.6. The summed E-state index contributed by atoms with van der Waals surface area (Å²) < 4.78 is 124. The van der Waals surface area contributed by atoms with Crippen molar-refractivity contribution in [2.75, 3.05) is 72.7 Å². The predicted molar refractivity (Wildman–Crippen MR) is 409 cm³/mol. The molecule has 11 fully saturated rings. The van der Waals surface area contributed by atoms with Crippen LogP contribution in [0.4, 0.5) is 0 Å². The van der Waals surface area contributed by atoms with Crippen molar-refractivity contribution in [1.82, 2.24) is 21.3 Å². The molecule has 0 bridgehead atoms. The summed E-state index contributed by atoms with van der Waals surface area (Å²) in [6.45, 7) is -8.80. The number of carbonyl (C=O) groups is 4. The molecule has 55 unspecified atom stereocenters. The van der Waals surface area contributed by atoms with Crippen LogP contribution in [0.3, 0.4) is 0 Å². The van der Waals surface area contributed by atoms with Crippen molar-refractivity contribution in [1.29, 1.82) is 0 Å². The lowest BCUT2D eigenvalue weighted by Crippen LogP contribution is -2.71. The fourth-order valence-corrected chi connectivity index (χ4v) is 17.4. The summed E-state index contributed by atoms with van der Waals surface area (Å²) in [5.41, 5.74) is 0. The number of rotatable bonds is 35. The Hall–Kier alpha value is -4.20. The second kappa shape index (κ2) is 48.3. The molecule has 35 N–H and O–H groups in total. The van der Waals surface area contributed by atoms with Crippen molar-refractivity contribution >= 4 is 23.6 Å². The molecule has 134 heavy (non-hydrogen) atoms. The average molecular weight is 1970 g/mol. The highest BCUT2D eigenvalue weighted by Gasteiger charge is 2.63. The molecular formula is C74H124N4O56. The van der Waals surface area contributed by atoms with Gasteiger partial charge in [-0.1, -0.05) is 0 Å². The standard InChI is InChI=1S/C74H124N4O56/c1-16(89)75-31-40(98)55(24(9-83)115-64(31)113)126-65-32(76-17(2)90)41(99)58(27(12-86)120-65)129-72-54(112)61(132-74-63(47(105)38(96)23(8-82)119-74)134-67-34(78-19(4)92)43(101)57(26(11-85)122-67)128-71-53(111)49(107)60(29(14-88)124-71)131-69-51(109)45(103)36(94)21(6-80)117-69)39(97)30(125-72)15-114-73-62(46(104)37(95)22(7-81)118-73)133-66-33(77-18(3)91)42(100)56(25(10-84)121-66)127-70-52(110)48(106)59(28(13-87)123-70)130-68-50(108)44(102)35(93)20(5-79)116-68/h20-74,79-88,93-113H,5-15H2,1-4H3,(H,75,89)(H,76,90)(H,77,91)(H,78,92). The molecule has 60 nitrogen and oxygen atoms in total. The lowest BCUT2D eigenvalue weighted by atomic mass is 9.93. The van der Waals surface area contributed by atoms with E-state index in [-0.39, 0.29) is 0 Å². The predicted octanol–water partition coefficient (Wildman–Crippen LogP) is -24.4. The van der Waals surface area contributed by atoms with Crippen LogP contribution in [-0.2, 0) is 119 Å². The summed E-state index contributed by atoms with van der Waals surface area (Å²) in [4.78, 5) is 51.6. The minimum absolute atomic E-state index is 0.814. The van der Waals surface area contributed by atoms with Gasteiger partial charge in [0, 0.05) is 27.7 Å². The molecule has 0 aromatic carbocycles. The molecule has 60 heteroatoms. The summed E-state index contributed by atoms with van der Waals surface area (Å²) >= 11 is 0. The van der Waals surface area contributed by atoms with Crippen LogP contribution in [0, 0.1) is 0 Å². The minimum atomic E-state index is -2.65. The van der Waals surface area contributed by atoms with Gasteiger partial charge < -0.3 is 279 Å². The molecule has 776 valence electrons. The lowest BCUT2D eigenvalue weighted by Gasteiger charge is -2.51. The smallest absolute Gasteiger partial charge is 0.217 e. The maximum atomic E-state index is 13.2. The lowest BCUT2D eigenvalue weighted by molar-refractivity contribution is -0.400. The van der Waals surface area contributed by atoms with Gasteiger partial charge in [-0.2, -0.15) is 0 Å². The van der Waals surface area contributed by atoms with Crippen LogP contribution >= 0.6 is 0 Å². The van der Waals surface area contributed by atoms with Crippen molar-refractivity contribution in [3.05, 3.63) is 0 Å². The fourth-order valence-electron chi connectivity index (χ4n) is 17.4. The molecule has 11 saturated heterocycles. The number of carbonyl (C=O) groups excluding carboxylic acids is 4. The molecule has 11 rings (SSSR count). The Kier molecular flexibility index (Phi) is 39.7. The third-order valence-electron chi connectivity index (χ3n) is 24.6. The van der Waals surface area contributed by atoms with Crippen LogP contribution in [0.2, 0.25) is 0 Å². The summed E-state index contributed by atoms with van der Waals surface area (Å²) in [6, 6.07) is -7.75. The van der Waals surface area contributed by atoms with Gasteiger partial charge >= 0.3 is 0 Å². The maximum Gasteiger partial charge on any atom is 0.217 e. The highest BCUT2D eigenvalue weighted by molar-refractivity contribution is 5.74. The first kappa shape index (κ1) is 110. The van der Waals surface area contributed by atoms with Crippen molar-refractivity contribution in [3.8, 4) is 0 Å². The molecule has 11 aliphatic rings. The second-order valence-corrected chi connectivity index (χ2v) is 33.8. The van der Waals surface area contributed by atoms with Gasteiger partial charge in [-0.15, -0.1) is 0 Å². The van der Waals surface area contributed by atoms with Crippen LogP contribution in [-0.4, -0.2) is 592 Å². The molecule has 0 saturated carbocycles. The third kappa shape index (κ3) is 24.0.